The topological polar surface area (TPSA) is 21.3 Å². The van der Waals surface area contributed by atoms with E-state index in [4.69, 9.17) is 4.74 Å². The molecule has 2 nitrogen and oxygen atoms in total. The molecule has 1 saturated heterocycles. The average molecular weight is 227 g/mol. The maximum absolute atomic E-state index is 5.97. The van der Waals surface area contributed by atoms with Gasteiger partial charge in [0, 0.05) is 12.6 Å². The van der Waals surface area contributed by atoms with Gasteiger partial charge in [-0.25, -0.2) is 0 Å². The maximum Gasteiger partial charge on any atom is 0.0807 e. The van der Waals surface area contributed by atoms with Crippen LogP contribution in [0, 0.1) is 0 Å². The molecule has 1 aliphatic rings. The van der Waals surface area contributed by atoms with Crippen molar-refractivity contribution in [3.63, 3.8) is 0 Å². The maximum atomic E-state index is 5.97. The van der Waals surface area contributed by atoms with Crippen molar-refractivity contribution >= 4 is 0 Å². The molecule has 0 bridgehead atoms. The fourth-order valence-corrected chi connectivity index (χ4v) is 2.62. The number of rotatable bonds is 8. The molecule has 0 aromatic heterocycles. The van der Waals surface area contributed by atoms with Gasteiger partial charge in [0.2, 0.25) is 0 Å². The molecule has 0 aromatic carbocycles. The minimum Gasteiger partial charge on any atom is -0.374 e. The van der Waals surface area contributed by atoms with Gasteiger partial charge in [-0.05, 0) is 39.2 Å². The van der Waals surface area contributed by atoms with Crippen molar-refractivity contribution in [3.8, 4) is 0 Å². The van der Waals surface area contributed by atoms with Gasteiger partial charge in [0.05, 0.1) is 5.60 Å². The lowest BCUT2D eigenvalue weighted by molar-refractivity contribution is -0.0144. The summed E-state index contributed by atoms with van der Waals surface area (Å²) in [5.41, 5.74) is 0.100. The van der Waals surface area contributed by atoms with Crippen LogP contribution < -0.4 is 5.32 Å². The molecule has 2 heteroatoms. The molecule has 2 atom stereocenters. The quantitative estimate of drug-likeness (QED) is 0.641. The summed E-state index contributed by atoms with van der Waals surface area (Å²) in [6.07, 6.45) is 8.91. The fraction of sp³-hybridized carbons (Fsp3) is 1.00. The molecule has 0 amide bonds. The molecule has 1 N–H and O–H groups in total. The Labute approximate surface area is 101 Å². The second kappa shape index (κ2) is 7.29. The van der Waals surface area contributed by atoms with Gasteiger partial charge in [0.15, 0.2) is 0 Å². The van der Waals surface area contributed by atoms with E-state index in [-0.39, 0.29) is 5.60 Å². The Bertz CT molecular complexity index is 176. The molecule has 16 heavy (non-hydrogen) atoms. The predicted molar refractivity (Wildman–Crippen MR) is 69.8 cm³/mol. The molecular formula is C14H29NO. The molecule has 1 heterocycles. The van der Waals surface area contributed by atoms with Crippen LogP contribution in [0.2, 0.25) is 0 Å². The largest absolute Gasteiger partial charge is 0.374 e. The second-order valence-corrected chi connectivity index (χ2v) is 5.27. The molecule has 96 valence electrons. The summed E-state index contributed by atoms with van der Waals surface area (Å²) in [4.78, 5) is 0. The van der Waals surface area contributed by atoms with Crippen molar-refractivity contribution in [2.24, 2.45) is 0 Å². The summed E-state index contributed by atoms with van der Waals surface area (Å²) in [6.45, 7) is 8.86. The second-order valence-electron chi connectivity index (χ2n) is 5.27. The summed E-state index contributed by atoms with van der Waals surface area (Å²) in [5, 5.41) is 3.69. The van der Waals surface area contributed by atoms with Crippen LogP contribution in [0.5, 0.6) is 0 Å². The lowest BCUT2D eigenvalue weighted by Gasteiger charge is -2.34. The van der Waals surface area contributed by atoms with Gasteiger partial charge in [-0.3, -0.25) is 0 Å². The summed E-state index contributed by atoms with van der Waals surface area (Å²) < 4.78 is 5.97. The van der Waals surface area contributed by atoms with E-state index in [2.05, 4.69) is 26.1 Å². The van der Waals surface area contributed by atoms with Crippen molar-refractivity contribution < 1.29 is 4.74 Å². The number of unbranched alkanes of at least 4 members (excludes halogenated alkanes) is 2. The third kappa shape index (κ3) is 4.06. The van der Waals surface area contributed by atoms with Crippen LogP contribution in [-0.4, -0.2) is 24.8 Å². The van der Waals surface area contributed by atoms with Crippen molar-refractivity contribution in [2.75, 3.05) is 13.2 Å². The van der Waals surface area contributed by atoms with Crippen LogP contribution in [0.4, 0.5) is 0 Å². The van der Waals surface area contributed by atoms with Gasteiger partial charge in [-0.1, -0.05) is 33.1 Å². The van der Waals surface area contributed by atoms with E-state index in [1.807, 2.05) is 0 Å². The Hall–Kier alpha value is -0.0800. The lowest BCUT2D eigenvalue weighted by atomic mass is 9.89. The summed E-state index contributed by atoms with van der Waals surface area (Å²) in [5.74, 6) is 0. The molecule has 1 aliphatic heterocycles. The highest BCUT2D eigenvalue weighted by molar-refractivity contribution is 4.92. The lowest BCUT2D eigenvalue weighted by Crippen LogP contribution is -2.48. The van der Waals surface area contributed by atoms with Crippen LogP contribution in [0.15, 0.2) is 0 Å². The van der Waals surface area contributed by atoms with Crippen LogP contribution in [-0.2, 0) is 4.74 Å². The normalized spacial score (nSPS) is 27.2. The highest BCUT2D eigenvalue weighted by Crippen LogP contribution is 2.31. The third-order valence-electron chi connectivity index (χ3n) is 3.72. The van der Waals surface area contributed by atoms with Gasteiger partial charge < -0.3 is 10.1 Å². The van der Waals surface area contributed by atoms with Gasteiger partial charge in [0.25, 0.3) is 0 Å². The Balaban J connectivity index is 2.41. The predicted octanol–water partition coefficient (Wildman–Crippen LogP) is 3.50. The molecule has 0 saturated carbocycles. The first kappa shape index (κ1) is 14.0. The summed E-state index contributed by atoms with van der Waals surface area (Å²) in [6, 6.07) is 0.557. The fourth-order valence-electron chi connectivity index (χ4n) is 2.62. The van der Waals surface area contributed by atoms with Crippen molar-refractivity contribution in [1.29, 1.82) is 0 Å². The molecule has 1 fully saturated rings. The first-order valence-corrected chi connectivity index (χ1v) is 7.10. The Morgan fingerprint density at radius 2 is 2.06 bits per heavy atom. The number of hydrogen-bond donors (Lipinski definition) is 1. The van der Waals surface area contributed by atoms with Crippen LogP contribution in [0.25, 0.3) is 0 Å². The number of hydrogen-bond acceptors (Lipinski definition) is 2. The zero-order valence-electron chi connectivity index (χ0n) is 11.3. The first-order valence-electron chi connectivity index (χ1n) is 7.10. The van der Waals surface area contributed by atoms with Crippen LogP contribution in [0.1, 0.15) is 65.7 Å². The monoisotopic (exact) mass is 227 g/mol. The smallest absolute Gasteiger partial charge is 0.0807 e. The zero-order chi connectivity index (χ0) is 11.9. The van der Waals surface area contributed by atoms with Crippen molar-refractivity contribution in [3.05, 3.63) is 0 Å². The van der Waals surface area contributed by atoms with Gasteiger partial charge in [-0.2, -0.15) is 0 Å². The highest BCUT2D eigenvalue weighted by atomic mass is 16.5. The molecular weight excluding hydrogens is 198 g/mol. The van der Waals surface area contributed by atoms with E-state index in [1.54, 1.807) is 0 Å². The van der Waals surface area contributed by atoms with E-state index in [1.165, 1.54) is 44.9 Å². The van der Waals surface area contributed by atoms with E-state index in [9.17, 15) is 0 Å². The van der Waals surface area contributed by atoms with E-state index < -0.39 is 0 Å². The van der Waals surface area contributed by atoms with Crippen LogP contribution >= 0.6 is 0 Å². The molecule has 0 aromatic rings. The summed E-state index contributed by atoms with van der Waals surface area (Å²) in [7, 11) is 0. The number of nitrogens with one attached hydrogen (secondary N) is 1. The van der Waals surface area contributed by atoms with E-state index in [0.29, 0.717) is 6.04 Å². The van der Waals surface area contributed by atoms with Gasteiger partial charge in [0.1, 0.15) is 0 Å². The Morgan fingerprint density at radius 3 is 2.62 bits per heavy atom. The Morgan fingerprint density at radius 1 is 1.25 bits per heavy atom. The molecule has 0 radical (unpaired) electrons. The molecule has 2 unspecified atom stereocenters. The van der Waals surface area contributed by atoms with E-state index >= 15 is 0 Å². The first-order chi connectivity index (χ1) is 7.73. The van der Waals surface area contributed by atoms with Gasteiger partial charge in [-0.15, -0.1) is 0 Å². The van der Waals surface area contributed by atoms with Crippen molar-refractivity contribution in [1.82, 2.24) is 5.32 Å². The highest BCUT2D eigenvalue weighted by Gasteiger charge is 2.37. The Kier molecular flexibility index (Phi) is 6.37. The molecule has 1 rings (SSSR count). The minimum atomic E-state index is 0.100. The summed E-state index contributed by atoms with van der Waals surface area (Å²) >= 11 is 0. The number of ether oxygens (including phenoxy) is 1. The molecule has 0 aliphatic carbocycles. The minimum absolute atomic E-state index is 0.100. The standard InChI is InChI=1S/C14H29NO/c1-4-6-7-9-13(15-11-5-2)14(3)10-8-12-16-14/h13,15H,4-12H2,1-3H3. The zero-order valence-corrected chi connectivity index (χ0v) is 11.3. The van der Waals surface area contributed by atoms with Gasteiger partial charge >= 0.3 is 0 Å². The average Bonchev–Trinajstić information content (AvgIpc) is 2.71. The van der Waals surface area contributed by atoms with Crippen molar-refractivity contribution in [2.45, 2.75) is 77.4 Å². The van der Waals surface area contributed by atoms with E-state index in [0.717, 1.165) is 13.2 Å². The van der Waals surface area contributed by atoms with Crippen LogP contribution in [0.3, 0.4) is 0 Å². The molecule has 0 spiro atoms. The SMILES string of the molecule is CCCCCC(NCCC)C1(C)CCCO1. The third-order valence-corrected chi connectivity index (χ3v) is 3.72.